The maximum atomic E-state index is 12.3. The highest BCUT2D eigenvalue weighted by molar-refractivity contribution is 7.94. The second kappa shape index (κ2) is 9.18. The molecule has 1 heterocycles. The van der Waals surface area contributed by atoms with Gasteiger partial charge in [0.15, 0.2) is 0 Å². The van der Waals surface area contributed by atoms with Crippen LogP contribution in [0.4, 0.5) is 17.1 Å². The Balaban J connectivity index is 1.52. The van der Waals surface area contributed by atoms with Crippen LogP contribution in [0.25, 0.3) is 0 Å². The summed E-state index contributed by atoms with van der Waals surface area (Å²) in [6.07, 6.45) is 0. The number of hydrogen-bond donors (Lipinski definition) is 2. The van der Waals surface area contributed by atoms with Crippen molar-refractivity contribution >= 4 is 33.0 Å². The molecule has 0 saturated carbocycles. The Morgan fingerprint density at radius 3 is 1.97 bits per heavy atom. The maximum Gasteiger partial charge on any atom is 0.237 e. The van der Waals surface area contributed by atoms with Crippen molar-refractivity contribution in [2.75, 3.05) is 41.1 Å². The van der Waals surface area contributed by atoms with Gasteiger partial charge >= 0.3 is 0 Å². The van der Waals surface area contributed by atoms with Crippen molar-refractivity contribution in [1.82, 2.24) is 4.90 Å². The van der Waals surface area contributed by atoms with E-state index in [1.807, 2.05) is 17.0 Å². The molecule has 7 nitrogen and oxygen atoms in total. The number of sulfonamides is 1. The van der Waals surface area contributed by atoms with E-state index in [4.69, 9.17) is 0 Å². The van der Waals surface area contributed by atoms with Crippen molar-refractivity contribution in [1.29, 1.82) is 0 Å². The lowest BCUT2D eigenvalue weighted by atomic mass is 10.2. The molecule has 0 unspecified atom stereocenters. The number of carbonyl (C=O) groups excluding carboxylic acids is 1. The quantitative estimate of drug-likeness (QED) is 0.713. The predicted molar refractivity (Wildman–Crippen MR) is 127 cm³/mol. The molecule has 1 amide bonds. The Morgan fingerprint density at radius 2 is 1.45 bits per heavy atom. The minimum absolute atomic E-state index is 0.138. The zero-order chi connectivity index (χ0) is 22.6. The van der Waals surface area contributed by atoms with Crippen molar-refractivity contribution in [3.8, 4) is 0 Å². The summed E-state index contributed by atoms with van der Waals surface area (Å²) >= 11 is 0. The van der Waals surface area contributed by atoms with Gasteiger partial charge in [-0.1, -0.05) is 12.1 Å². The van der Waals surface area contributed by atoms with Crippen molar-refractivity contribution in [3.63, 3.8) is 0 Å². The second-order valence-corrected chi connectivity index (χ2v) is 11.2. The minimum atomic E-state index is -3.43. The number of nitrogens with one attached hydrogen (secondary N) is 2. The van der Waals surface area contributed by atoms with Crippen molar-refractivity contribution < 1.29 is 13.2 Å². The summed E-state index contributed by atoms with van der Waals surface area (Å²) in [7, 11) is -3.43. The highest BCUT2D eigenvalue weighted by atomic mass is 32.2. The lowest BCUT2D eigenvalue weighted by Gasteiger charge is -2.35. The molecule has 2 aromatic carbocycles. The van der Waals surface area contributed by atoms with Crippen LogP contribution < -0.4 is 14.9 Å². The molecular weight excluding hydrogens is 412 g/mol. The van der Waals surface area contributed by atoms with E-state index in [1.165, 1.54) is 0 Å². The highest BCUT2D eigenvalue weighted by Crippen LogP contribution is 2.22. The first-order valence-electron chi connectivity index (χ1n) is 10.5. The second-order valence-electron chi connectivity index (χ2n) is 8.81. The summed E-state index contributed by atoms with van der Waals surface area (Å²) in [5, 5.41) is 3.39. The van der Waals surface area contributed by atoms with Gasteiger partial charge in [0.25, 0.3) is 0 Å². The molecule has 1 fully saturated rings. The van der Waals surface area contributed by atoms with Gasteiger partial charge in [-0.25, -0.2) is 8.42 Å². The van der Waals surface area contributed by atoms with Crippen LogP contribution >= 0.6 is 0 Å². The average molecular weight is 445 g/mol. The van der Waals surface area contributed by atoms with Gasteiger partial charge in [0.2, 0.25) is 15.9 Å². The monoisotopic (exact) mass is 444 g/mol. The molecule has 1 aliphatic rings. The molecule has 1 saturated heterocycles. The Hall–Kier alpha value is -2.74. The molecule has 3 rings (SSSR count). The molecule has 168 valence electrons. The van der Waals surface area contributed by atoms with Gasteiger partial charge in [-0.2, -0.15) is 0 Å². The van der Waals surface area contributed by atoms with Crippen molar-refractivity contribution in [2.24, 2.45) is 0 Å². The SMILES string of the molecule is CC(=O)N1CCN(c2ccc(NCc3ccc(NS(=O)(=O)C(C)(C)C)cc3)cc2)CC1. The first-order valence-corrected chi connectivity index (χ1v) is 12.0. The van der Waals surface area contributed by atoms with E-state index < -0.39 is 14.8 Å². The Bertz CT molecular complexity index is 989. The molecule has 0 radical (unpaired) electrons. The van der Waals surface area contributed by atoms with Gasteiger partial charge < -0.3 is 15.1 Å². The number of anilines is 3. The Labute approximate surface area is 185 Å². The molecule has 1 aliphatic heterocycles. The largest absolute Gasteiger partial charge is 0.381 e. The number of rotatable bonds is 6. The van der Waals surface area contributed by atoms with Crippen LogP contribution in [0.5, 0.6) is 0 Å². The van der Waals surface area contributed by atoms with Gasteiger partial charge in [0.05, 0.1) is 4.75 Å². The molecule has 8 heteroatoms. The molecule has 0 bridgehead atoms. The van der Waals surface area contributed by atoms with E-state index in [1.54, 1.807) is 39.8 Å². The summed E-state index contributed by atoms with van der Waals surface area (Å²) < 4.78 is 26.3. The van der Waals surface area contributed by atoms with E-state index in [-0.39, 0.29) is 5.91 Å². The first-order chi connectivity index (χ1) is 14.5. The molecule has 0 aliphatic carbocycles. The van der Waals surface area contributed by atoms with Gasteiger partial charge in [0.1, 0.15) is 0 Å². The number of nitrogens with zero attached hydrogens (tertiary/aromatic N) is 2. The predicted octanol–water partition coefficient (Wildman–Crippen LogP) is 3.51. The van der Waals surface area contributed by atoms with Crippen molar-refractivity contribution in [2.45, 2.75) is 39.0 Å². The molecule has 31 heavy (non-hydrogen) atoms. The van der Waals surface area contributed by atoms with E-state index in [2.05, 4.69) is 39.2 Å². The normalized spacial score (nSPS) is 15.0. The van der Waals surface area contributed by atoms with Crippen LogP contribution in [0.3, 0.4) is 0 Å². The fourth-order valence-electron chi connectivity index (χ4n) is 3.27. The standard InChI is InChI=1S/C23H32N4O3S/c1-18(28)26-13-15-27(16-14-26)22-11-9-20(10-12-22)24-17-19-5-7-21(8-6-19)25-31(29,30)23(2,3)4/h5-12,24-25H,13-17H2,1-4H3. The number of hydrogen-bond acceptors (Lipinski definition) is 5. The third-order valence-corrected chi connectivity index (χ3v) is 7.58. The fourth-order valence-corrected chi connectivity index (χ4v) is 4.03. The minimum Gasteiger partial charge on any atom is -0.381 e. The van der Waals surface area contributed by atoms with Crippen LogP contribution in [0, 0.1) is 0 Å². The summed E-state index contributed by atoms with van der Waals surface area (Å²) in [5.41, 5.74) is 3.80. The summed E-state index contributed by atoms with van der Waals surface area (Å²) in [6, 6.07) is 15.7. The fraction of sp³-hybridized carbons (Fsp3) is 0.435. The van der Waals surface area contributed by atoms with Crippen LogP contribution in [0.2, 0.25) is 0 Å². The molecular formula is C23H32N4O3S. The lowest BCUT2D eigenvalue weighted by Crippen LogP contribution is -2.48. The van der Waals surface area contributed by atoms with Gasteiger partial charge in [-0.3, -0.25) is 9.52 Å². The molecule has 2 N–H and O–H groups in total. The third kappa shape index (κ3) is 5.91. The zero-order valence-electron chi connectivity index (χ0n) is 18.7. The molecule has 0 spiro atoms. The van der Waals surface area contributed by atoms with E-state index in [0.717, 1.165) is 43.1 Å². The van der Waals surface area contributed by atoms with Gasteiger partial charge in [-0.05, 0) is 62.7 Å². The number of piperazine rings is 1. The number of benzene rings is 2. The zero-order valence-corrected chi connectivity index (χ0v) is 19.5. The van der Waals surface area contributed by atoms with Crippen LogP contribution in [0.15, 0.2) is 48.5 Å². The highest BCUT2D eigenvalue weighted by Gasteiger charge is 2.28. The topological polar surface area (TPSA) is 81.8 Å². The van der Waals surface area contributed by atoms with Crippen LogP contribution in [-0.2, 0) is 21.4 Å². The average Bonchev–Trinajstić information content (AvgIpc) is 2.73. The summed E-state index contributed by atoms with van der Waals surface area (Å²) in [4.78, 5) is 15.6. The molecule has 0 aromatic heterocycles. The van der Waals surface area contributed by atoms with Gasteiger partial charge in [-0.15, -0.1) is 0 Å². The number of amides is 1. The van der Waals surface area contributed by atoms with Crippen molar-refractivity contribution in [3.05, 3.63) is 54.1 Å². The Morgan fingerprint density at radius 1 is 0.903 bits per heavy atom. The van der Waals surface area contributed by atoms with E-state index in [0.29, 0.717) is 12.2 Å². The Kier molecular flexibility index (Phi) is 6.79. The molecule has 2 aromatic rings. The first kappa shape index (κ1) is 22.9. The molecule has 0 atom stereocenters. The van der Waals surface area contributed by atoms with Gasteiger partial charge in [0, 0.05) is 56.7 Å². The lowest BCUT2D eigenvalue weighted by molar-refractivity contribution is -0.129. The van der Waals surface area contributed by atoms with Crippen LogP contribution in [0.1, 0.15) is 33.3 Å². The third-order valence-electron chi connectivity index (χ3n) is 5.47. The van der Waals surface area contributed by atoms with E-state index >= 15 is 0 Å². The summed E-state index contributed by atoms with van der Waals surface area (Å²) in [6.45, 7) is 10.5. The smallest absolute Gasteiger partial charge is 0.237 e. The maximum absolute atomic E-state index is 12.3. The van der Waals surface area contributed by atoms with Crippen LogP contribution in [-0.4, -0.2) is 50.2 Å². The summed E-state index contributed by atoms with van der Waals surface area (Å²) in [5.74, 6) is 0.138. The van der Waals surface area contributed by atoms with E-state index in [9.17, 15) is 13.2 Å². The number of carbonyl (C=O) groups is 1.